The molecule has 0 saturated carbocycles. The van der Waals surface area contributed by atoms with Gasteiger partial charge in [-0.15, -0.1) is 0 Å². The maximum Gasteiger partial charge on any atom is 0.410 e. The SMILES string of the molecule is COc1ccc2c(c1)N(Cc1ccccc1)C(=O)C21CCCN(C(=O)OC(C)(C)C)C1. The zero-order valence-corrected chi connectivity index (χ0v) is 18.7. The molecular weight excluding hydrogens is 392 g/mol. The van der Waals surface area contributed by atoms with E-state index in [0.717, 1.165) is 23.2 Å². The Morgan fingerprint density at radius 1 is 1.13 bits per heavy atom. The number of carbonyl (C=O) groups is 2. The summed E-state index contributed by atoms with van der Waals surface area (Å²) in [5, 5.41) is 0. The van der Waals surface area contributed by atoms with Crippen LogP contribution in [0.5, 0.6) is 5.75 Å². The predicted octanol–water partition coefficient (Wildman–Crippen LogP) is 4.51. The van der Waals surface area contributed by atoms with E-state index in [9.17, 15) is 9.59 Å². The molecule has 1 saturated heterocycles. The van der Waals surface area contributed by atoms with Crippen molar-refractivity contribution in [2.24, 2.45) is 0 Å². The minimum absolute atomic E-state index is 0.0351. The van der Waals surface area contributed by atoms with Gasteiger partial charge in [0.25, 0.3) is 0 Å². The number of piperidine rings is 1. The second-order valence-corrected chi connectivity index (χ2v) is 9.35. The van der Waals surface area contributed by atoms with Crippen molar-refractivity contribution < 1.29 is 19.1 Å². The van der Waals surface area contributed by atoms with Crippen LogP contribution in [0.4, 0.5) is 10.5 Å². The lowest BCUT2D eigenvalue weighted by atomic mass is 9.75. The van der Waals surface area contributed by atoms with Crippen molar-refractivity contribution in [1.82, 2.24) is 4.90 Å². The Morgan fingerprint density at radius 3 is 2.55 bits per heavy atom. The molecule has 164 valence electrons. The van der Waals surface area contributed by atoms with Crippen molar-refractivity contribution in [3.8, 4) is 5.75 Å². The molecule has 2 aliphatic rings. The number of carbonyl (C=O) groups excluding carboxylic acids is 2. The highest BCUT2D eigenvalue weighted by atomic mass is 16.6. The molecule has 1 unspecified atom stereocenters. The fourth-order valence-corrected chi connectivity index (χ4v) is 4.60. The quantitative estimate of drug-likeness (QED) is 0.730. The van der Waals surface area contributed by atoms with Gasteiger partial charge in [-0.3, -0.25) is 4.79 Å². The number of ether oxygens (including phenoxy) is 2. The van der Waals surface area contributed by atoms with Gasteiger partial charge in [0.15, 0.2) is 0 Å². The first-order valence-electron chi connectivity index (χ1n) is 10.8. The topological polar surface area (TPSA) is 59.1 Å². The minimum Gasteiger partial charge on any atom is -0.497 e. The third kappa shape index (κ3) is 3.99. The molecule has 1 spiro atoms. The third-order valence-electron chi connectivity index (χ3n) is 5.99. The number of fused-ring (bicyclic) bond motifs is 2. The van der Waals surface area contributed by atoms with Gasteiger partial charge in [0, 0.05) is 19.2 Å². The Labute approximate surface area is 183 Å². The number of likely N-dealkylation sites (tertiary alicyclic amines) is 1. The number of hydrogen-bond donors (Lipinski definition) is 0. The van der Waals surface area contributed by atoms with Gasteiger partial charge in [0.2, 0.25) is 5.91 Å². The number of anilines is 1. The molecule has 0 aromatic heterocycles. The van der Waals surface area contributed by atoms with Crippen LogP contribution in [0.25, 0.3) is 0 Å². The van der Waals surface area contributed by atoms with E-state index in [4.69, 9.17) is 9.47 Å². The van der Waals surface area contributed by atoms with E-state index in [2.05, 4.69) is 0 Å². The standard InChI is InChI=1S/C25H30N2O4/c1-24(2,3)31-23(29)26-14-8-13-25(17-26)20-12-11-19(30-4)15-21(20)27(22(25)28)16-18-9-6-5-7-10-18/h5-7,9-12,15H,8,13-14,16-17H2,1-4H3. The van der Waals surface area contributed by atoms with E-state index in [0.29, 0.717) is 31.8 Å². The monoisotopic (exact) mass is 422 g/mol. The van der Waals surface area contributed by atoms with Gasteiger partial charge in [-0.25, -0.2) is 4.79 Å². The molecule has 2 heterocycles. The first-order chi connectivity index (χ1) is 14.7. The average Bonchev–Trinajstić information content (AvgIpc) is 2.95. The zero-order chi connectivity index (χ0) is 22.2. The van der Waals surface area contributed by atoms with Gasteiger partial charge in [-0.05, 0) is 50.8 Å². The fourth-order valence-electron chi connectivity index (χ4n) is 4.60. The minimum atomic E-state index is -0.758. The summed E-state index contributed by atoms with van der Waals surface area (Å²) in [7, 11) is 1.63. The lowest BCUT2D eigenvalue weighted by Crippen LogP contribution is -2.54. The van der Waals surface area contributed by atoms with Crippen molar-refractivity contribution in [3.05, 3.63) is 59.7 Å². The normalized spacial score (nSPS) is 20.7. The predicted molar refractivity (Wildman–Crippen MR) is 119 cm³/mol. The first-order valence-corrected chi connectivity index (χ1v) is 10.8. The van der Waals surface area contributed by atoms with Crippen molar-refractivity contribution in [3.63, 3.8) is 0 Å². The van der Waals surface area contributed by atoms with E-state index >= 15 is 0 Å². The summed E-state index contributed by atoms with van der Waals surface area (Å²) >= 11 is 0. The Morgan fingerprint density at radius 2 is 1.87 bits per heavy atom. The molecule has 0 aliphatic carbocycles. The number of benzene rings is 2. The smallest absolute Gasteiger partial charge is 0.410 e. The molecule has 2 aromatic rings. The number of hydrogen-bond acceptors (Lipinski definition) is 4. The van der Waals surface area contributed by atoms with Crippen molar-refractivity contribution in [2.45, 2.75) is 51.2 Å². The molecule has 2 amide bonds. The molecule has 31 heavy (non-hydrogen) atoms. The first kappa shape index (κ1) is 21.2. The molecule has 2 aromatic carbocycles. The number of rotatable bonds is 3. The Balaban J connectivity index is 1.71. The number of nitrogens with zero attached hydrogens (tertiary/aromatic N) is 2. The molecule has 0 N–H and O–H groups in total. The summed E-state index contributed by atoms with van der Waals surface area (Å²) in [5.74, 6) is 0.745. The summed E-state index contributed by atoms with van der Waals surface area (Å²) in [6.45, 7) is 6.96. The Hall–Kier alpha value is -3.02. The van der Waals surface area contributed by atoms with E-state index in [1.165, 1.54) is 0 Å². The van der Waals surface area contributed by atoms with Crippen LogP contribution < -0.4 is 9.64 Å². The van der Waals surface area contributed by atoms with Crippen LogP contribution >= 0.6 is 0 Å². The summed E-state index contributed by atoms with van der Waals surface area (Å²) < 4.78 is 11.0. The van der Waals surface area contributed by atoms with Crippen molar-refractivity contribution >= 4 is 17.7 Å². The second-order valence-electron chi connectivity index (χ2n) is 9.35. The second kappa shape index (κ2) is 7.91. The van der Waals surface area contributed by atoms with Crippen molar-refractivity contribution in [2.75, 3.05) is 25.1 Å². The third-order valence-corrected chi connectivity index (χ3v) is 5.99. The van der Waals surface area contributed by atoms with E-state index in [-0.39, 0.29) is 12.0 Å². The van der Waals surface area contributed by atoms with Gasteiger partial charge in [0.1, 0.15) is 11.4 Å². The van der Waals surface area contributed by atoms with Gasteiger partial charge in [-0.1, -0.05) is 36.4 Å². The summed E-state index contributed by atoms with van der Waals surface area (Å²) in [4.78, 5) is 30.2. The molecule has 1 fully saturated rings. The van der Waals surface area contributed by atoms with Crippen LogP contribution in [-0.4, -0.2) is 42.7 Å². The van der Waals surface area contributed by atoms with Crippen molar-refractivity contribution in [1.29, 1.82) is 0 Å². The fraction of sp³-hybridized carbons (Fsp3) is 0.440. The van der Waals surface area contributed by atoms with Gasteiger partial charge in [-0.2, -0.15) is 0 Å². The summed E-state index contributed by atoms with van der Waals surface area (Å²) in [6.07, 6.45) is 1.08. The largest absolute Gasteiger partial charge is 0.497 e. The van der Waals surface area contributed by atoms with E-state index in [1.54, 1.807) is 12.0 Å². The van der Waals surface area contributed by atoms with Crippen LogP contribution in [-0.2, 0) is 21.5 Å². The van der Waals surface area contributed by atoms with Gasteiger partial charge < -0.3 is 19.3 Å². The van der Waals surface area contributed by atoms with Crippen LogP contribution in [0.1, 0.15) is 44.7 Å². The van der Waals surface area contributed by atoms with Crippen LogP contribution in [0.2, 0.25) is 0 Å². The van der Waals surface area contributed by atoms with Crippen LogP contribution in [0.3, 0.4) is 0 Å². The number of amides is 2. The Bertz CT molecular complexity index is 983. The average molecular weight is 423 g/mol. The highest BCUT2D eigenvalue weighted by Crippen LogP contribution is 2.48. The lowest BCUT2D eigenvalue weighted by Gasteiger charge is -2.40. The number of methoxy groups -OCH3 is 1. The van der Waals surface area contributed by atoms with E-state index < -0.39 is 11.0 Å². The van der Waals surface area contributed by atoms with Crippen LogP contribution in [0, 0.1) is 0 Å². The molecule has 1 atom stereocenters. The molecule has 6 nitrogen and oxygen atoms in total. The highest BCUT2D eigenvalue weighted by Gasteiger charge is 2.53. The molecule has 6 heteroatoms. The zero-order valence-electron chi connectivity index (χ0n) is 18.7. The summed E-state index contributed by atoms with van der Waals surface area (Å²) in [6, 6.07) is 15.8. The Kier molecular flexibility index (Phi) is 5.42. The van der Waals surface area contributed by atoms with Gasteiger partial charge >= 0.3 is 6.09 Å². The molecule has 4 rings (SSSR count). The maximum absolute atomic E-state index is 13.9. The van der Waals surface area contributed by atoms with Gasteiger partial charge in [0.05, 0.1) is 24.8 Å². The maximum atomic E-state index is 13.9. The van der Waals surface area contributed by atoms with Crippen LogP contribution in [0.15, 0.2) is 48.5 Å². The highest BCUT2D eigenvalue weighted by molar-refractivity contribution is 6.08. The van der Waals surface area contributed by atoms with E-state index in [1.807, 2.05) is 74.2 Å². The summed E-state index contributed by atoms with van der Waals surface area (Å²) in [5.41, 5.74) is 1.54. The molecular formula is C25H30N2O4. The molecule has 0 bridgehead atoms. The lowest BCUT2D eigenvalue weighted by molar-refractivity contribution is -0.125. The molecule has 0 radical (unpaired) electrons. The molecule has 2 aliphatic heterocycles.